The number of benzene rings is 3. The predicted molar refractivity (Wildman–Crippen MR) is 94.8 cm³/mol. The molecule has 2 N–H and O–H groups in total. The third-order valence-corrected chi connectivity index (χ3v) is 4.98. The molecule has 4 rings (SSSR count). The summed E-state index contributed by atoms with van der Waals surface area (Å²) in [6, 6.07) is 16.3. The number of anilines is 1. The zero-order valence-electron chi connectivity index (χ0n) is 12.8. The van der Waals surface area contributed by atoms with Gasteiger partial charge in [0.25, 0.3) is 10.1 Å². The molecule has 0 saturated heterocycles. The summed E-state index contributed by atoms with van der Waals surface area (Å²) in [5.74, 6) is 0.703. The molecule has 0 radical (unpaired) electrons. The van der Waals surface area contributed by atoms with Crippen molar-refractivity contribution in [3.63, 3.8) is 0 Å². The summed E-state index contributed by atoms with van der Waals surface area (Å²) in [6.07, 6.45) is 0. The van der Waals surface area contributed by atoms with Crippen molar-refractivity contribution in [3.05, 3.63) is 65.7 Å². The normalized spacial score (nSPS) is 13.5. The van der Waals surface area contributed by atoms with E-state index in [4.69, 9.17) is 0 Å². The maximum absolute atomic E-state index is 11.6. The summed E-state index contributed by atoms with van der Waals surface area (Å²) < 4.78 is 32.6. The van der Waals surface area contributed by atoms with Gasteiger partial charge in [-0.2, -0.15) is 8.42 Å². The first-order chi connectivity index (χ1) is 11.4. The molecule has 0 atom stereocenters. The largest absolute Gasteiger partial charge is 0.339 e. The zero-order chi connectivity index (χ0) is 16.9. The Kier molecular flexibility index (Phi) is 3.19. The van der Waals surface area contributed by atoms with Crippen LogP contribution in [0.15, 0.2) is 64.5 Å². The third-order valence-electron chi connectivity index (χ3n) is 4.07. The topological polar surface area (TPSA) is 78.8 Å². The van der Waals surface area contributed by atoms with Gasteiger partial charge >= 0.3 is 0 Å². The number of nitrogens with zero attached hydrogens (tertiary/aromatic N) is 1. The summed E-state index contributed by atoms with van der Waals surface area (Å²) in [5, 5.41) is 4.38. The van der Waals surface area contributed by atoms with Gasteiger partial charge in [-0.3, -0.25) is 4.55 Å². The van der Waals surface area contributed by atoms with Gasteiger partial charge in [0.15, 0.2) is 0 Å². The molecule has 6 heteroatoms. The Bertz CT molecular complexity index is 1100. The standard InChI is InChI=1S/C18H14N2O3S/c1-11-5-7-12(8-6-11)18-19-14-4-2-3-13-16(24(21,22)23)10-9-15(20-18)17(13)14/h2-10H,1H3,(H,19,20)(H,21,22,23). The maximum Gasteiger partial charge on any atom is 0.295 e. The van der Waals surface area contributed by atoms with Crippen LogP contribution in [0.1, 0.15) is 11.1 Å². The van der Waals surface area contributed by atoms with Crippen LogP contribution in [-0.2, 0) is 10.1 Å². The zero-order valence-corrected chi connectivity index (χ0v) is 13.6. The lowest BCUT2D eigenvalue weighted by atomic mass is 10.0. The van der Waals surface area contributed by atoms with Gasteiger partial charge in [0.2, 0.25) is 0 Å². The molecule has 0 saturated carbocycles. The van der Waals surface area contributed by atoms with E-state index < -0.39 is 10.1 Å². The van der Waals surface area contributed by atoms with E-state index in [1.807, 2.05) is 37.3 Å². The average molecular weight is 338 g/mol. The van der Waals surface area contributed by atoms with Gasteiger partial charge in [0.05, 0.1) is 5.69 Å². The van der Waals surface area contributed by atoms with Crippen molar-refractivity contribution in [2.24, 2.45) is 4.99 Å². The minimum Gasteiger partial charge on any atom is -0.339 e. The van der Waals surface area contributed by atoms with Gasteiger partial charge in [-0.15, -0.1) is 0 Å². The molecule has 3 aromatic rings. The number of nitrogens with one attached hydrogen (secondary N) is 1. The van der Waals surface area contributed by atoms with Crippen LogP contribution in [0.4, 0.5) is 11.4 Å². The van der Waals surface area contributed by atoms with E-state index in [1.165, 1.54) is 6.07 Å². The van der Waals surface area contributed by atoms with Crippen molar-refractivity contribution < 1.29 is 13.0 Å². The molecule has 0 amide bonds. The number of hydrogen-bond donors (Lipinski definition) is 2. The van der Waals surface area contributed by atoms with Crippen molar-refractivity contribution >= 4 is 38.1 Å². The third kappa shape index (κ3) is 2.36. The predicted octanol–water partition coefficient (Wildman–Crippen LogP) is 3.90. The summed E-state index contributed by atoms with van der Waals surface area (Å²) in [6.45, 7) is 2.02. The van der Waals surface area contributed by atoms with Crippen molar-refractivity contribution in [2.45, 2.75) is 11.8 Å². The van der Waals surface area contributed by atoms with Crippen LogP contribution in [-0.4, -0.2) is 18.8 Å². The van der Waals surface area contributed by atoms with Crippen LogP contribution in [0, 0.1) is 6.92 Å². The van der Waals surface area contributed by atoms with Gasteiger partial charge < -0.3 is 5.32 Å². The van der Waals surface area contributed by atoms with E-state index >= 15 is 0 Å². The number of aliphatic imine (C=N–C) groups is 1. The van der Waals surface area contributed by atoms with E-state index in [-0.39, 0.29) is 4.90 Å². The molecule has 3 aromatic carbocycles. The number of rotatable bonds is 2. The van der Waals surface area contributed by atoms with Crippen LogP contribution < -0.4 is 5.32 Å². The first-order valence-corrected chi connectivity index (χ1v) is 8.83. The number of amidine groups is 1. The van der Waals surface area contributed by atoms with Crippen LogP contribution in [0.2, 0.25) is 0 Å². The van der Waals surface area contributed by atoms with Crippen molar-refractivity contribution in [1.29, 1.82) is 0 Å². The van der Waals surface area contributed by atoms with Crippen molar-refractivity contribution in [2.75, 3.05) is 5.32 Å². The van der Waals surface area contributed by atoms with Crippen LogP contribution in [0.25, 0.3) is 10.8 Å². The highest BCUT2D eigenvalue weighted by Gasteiger charge is 2.21. The second kappa shape index (κ2) is 5.15. The molecule has 0 aromatic heterocycles. The molecular weight excluding hydrogens is 324 g/mol. The molecule has 5 nitrogen and oxygen atoms in total. The molecular formula is C18H14N2O3S. The molecule has 0 fully saturated rings. The minimum absolute atomic E-state index is 0.112. The quantitative estimate of drug-likeness (QED) is 0.695. The Morgan fingerprint density at radius 1 is 1.00 bits per heavy atom. The van der Waals surface area contributed by atoms with Gasteiger partial charge in [-0.05, 0) is 25.1 Å². The monoisotopic (exact) mass is 338 g/mol. The molecule has 0 bridgehead atoms. The molecule has 0 aliphatic carbocycles. The van der Waals surface area contributed by atoms with Crippen LogP contribution in [0.5, 0.6) is 0 Å². The lowest BCUT2D eigenvalue weighted by Gasteiger charge is -2.20. The lowest BCUT2D eigenvalue weighted by molar-refractivity contribution is 0.484. The highest BCUT2D eigenvalue weighted by atomic mass is 32.2. The van der Waals surface area contributed by atoms with Gasteiger partial charge in [-0.25, -0.2) is 4.99 Å². The lowest BCUT2D eigenvalue weighted by Crippen LogP contribution is -2.16. The van der Waals surface area contributed by atoms with Gasteiger partial charge in [0.1, 0.15) is 10.7 Å². The van der Waals surface area contributed by atoms with Gasteiger partial charge in [-0.1, -0.05) is 42.0 Å². The Morgan fingerprint density at radius 2 is 1.75 bits per heavy atom. The Balaban J connectivity index is 1.96. The average Bonchev–Trinajstić information content (AvgIpc) is 2.54. The van der Waals surface area contributed by atoms with Crippen molar-refractivity contribution in [1.82, 2.24) is 0 Å². The molecule has 1 heterocycles. The summed E-state index contributed by atoms with van der Waals surface area (Å²) >= 11 is 0. The first kappa shape index (κ1) is 14.9. The SMILES string of the molecule is Cc1ccc(C2=Nc3ccc(S(=O)(=O)O)c4cccc(c34)N2)cc1. The number of aryl methyl sites for hydroxylation is 1. The molecule has 1 aliphatic heterocycles. The summed E-state index contributed by atoms with van der Waals surface area (Å²) in [4.78, 5) is 4.50. The fourth-order valence-corrected chi connectivity index (χ4v) is 3.60. The van der Waals surface area contributed by atoms with E-state index in [0.29, 0.717) is 22.3 Å². The molecule has 24 heavy (non-hydrogen) atoms. The highest BCUT2D eigenvalue weighted by Crippen LogP contribution is 2.39. The van der Waals surface area contributed by atoms with Gasteiger partial charge in [0, 0.05) is 22.0 Å². The molecule has 0 unspecified atom stereocenters. The van der Waals surface area contributed by atoms with Crippen molar-refractivity contribution in [3.8, 4) is 0 Å². The van der Waals surface area contributed by atoms with E-state index in [2.05, 4.69) is 10.3 Å². The minimum atomic E-state index is -4.29. The summed E-state index contributed by atoms with van der Waals surface area (Å²) in [7, 11) is -4.29. The molecule has 0 spiro atoms. The first-order valence-electron chi connectivity index (χ1n) is 7.39. The fourth-order valence-electron chi connectivity index (χ4n) is 2.91. The van der Waals surface area contributed by atoms with E-state index in [0.717, 1.165) is 16.8 Å². The Hall–Kier alpha value is -2.70. The molecule has 120 valence electrons. The maximum atomic E-state index is 11.6. The Morgan fingerprint density at radius 3 is 2.46 bits per heavy atom. The Labute approximate surface area is 139 Å². The van der Waals surface area contributed by atoms with Crippen LogP contribution in [0.3, 0.4) is 0 Å². The highest BCUT2D eigenvalue weighted by molar-refractivity contribution is 7.86. The second-order valence-corrected chi connectivity index (χ2v) is 7.13. The molecule has 1 aliphatic rings. The van der Waals surface area contributed by atoms with Crippen LogP contribution >= 0.6 is 0 Å². The second-order valence-electron chi connectivity index (χ2n) is 5.74. The smallest absolute Gasteiger partial charge is 0.295 e. The van der Waals surface area contributed by atoms with E-state index in [9.17, 15) is 13.0 Å². The number of hydrogen-bond acceptors (Lipinski definition) is 4. The fraction of sp³-hybridized carbons (Fsp3) is 0.0556. The van der Waals surface area contributed by atoms with E-state index in [1.54, 1.807) is 18.2 Å². The summed E-state index contributed by atoms with van der Waals surface area (Å²) in [5.41, 5.74) is 3.54.